The molecule has 1 aromatic heterocycles. The second kappa shape index (κ2) is 8.99. The van der Waals surface area contributed by atoms with Crippen LogP contribution in [0.5, 0.6) is 0 Å². The number of nitrogens with one attached hydrogen (secondary N) is 2. The van der Waals surface area contributed by atoms with Gasteiger partial charge in [-0.15, -0.1) is 0 Å². The van der Waals surface area contributed by atoms with Gasteiger partial charge in [-0.25, -0.2) is 0 Å². The topological polar surface area (TPSA) is 65.2 Å². The van der Waals surface area contributed by atoms with Crippen LogP contribution in [0.25, 0.3) is 17.0 Å². The van der Waals surface area contributed by atoms with Crippen molar-refractivity contribution in [2.45, 2.75) is 31.7 Å². The largest absolute Gasteiger partial charge is 0.361 e. The molecule has 1 atom stereocenters. The Labute approximate surface area is 176 Å². The van der Waals surface area contributed by atoms with Gasteiger partial charge in [0.1, 0.15) is 6.04 Å². The molecule has 0 saturated carbocycles. The highest BCUT2D eigenvalue weighted by molar-refractivity contribution is 5.95. The quantitative estimate of drug-likeness (QED) is 0.633. The van der Waals surface area contributed by atoms with Crippen molar-refractivity contribution in [1.82, 2.24) is 15.2 Å². The molecule has 1 aliphatic rings. The zero-order valence-electron chi connectivity index (χ0n) is 17.2. The summed E-state index contributed by atoms with van der Waals surface area (Å²) in [5.41, 5.74) is 3.45. The number of aromatic amines is 1. The number of carbonyl (C=O) groups is 2. The first kappa shape index (κ1) is 20.0. The Morgan fingerprint density at radius 3 is 2.53 bits per heavy atom. The molecule has 2 aromatic carbocycles. The highest BCUT2D eigenvalue weighted by Gasteiger charge is 2.28. The number of benzene rings is 2. The van der Waals surface area contributed by atoms with E-state index in [1.807, 2.05) is 41.3 Å². The van der Waals surface area contributed by atoms with Gasteiger partial charge in [-0.1, -0.05) is 48.5 Å². The van der Waals surface area contributed by atoms with E-state index in [1.54, 1.807) is 13.0 Å². The molecule has 1 fully saturated rings. The number of hydrogen-bond acceptors (Lipinski definition) is 2. The Morgan fingerprint density at radius 1 is 1.07 bits per heavy atom. The standard InChI is InChI=1S/C25H27N3O2/c1-18(27-24(29)12-11-19-7-3-2-4-8-19)25(30)28-15-13-20(14-16-28)22-17-26-23-10-6-5-9-21(22)23/h2-12,17-18,20,26H,13-16H2,1H3,(H,27,29)/b12-11+. The summed E-state index contributed by atoms with van der Waals surface area (Å²) in [6.45, 7) is 3.18. The van der Waals surface area contributed by atoms with E-state index in [0.29, 0.717) is 19.0 Å². The molecule has 2 heterocycles. The lowest BCUT2D eigenvalue weighted by atomic mass is 9.89. The lowest BCUT2D eigenvalue weighted by Crippen LogP contribution is -2.48. The predicted molar refractivity (Wildman–Crippen MR) is 120 cm³/mol. The number of nitrogens with zero attached hydrogens (tertiary/aromatic N) is 1. The van der Waals surface area contributed by atoms with Gasteiger partial charge in [-0.2, -0.15) is 0 Å². The monoisotopic (exact) mass is 401 g/mol. The first-order valence-corrected chi connectivity index (χ1v) is 10.5. The summed E-state index contributed by atoms with van der Waals surface area (Å²) in [6.07, 6.45) is 7.20. The van der Waals surface area contributed by atoms with Crippen LogP contribution in [0.4, 0.5) is 0 Å². The number of amides is 2. The fourth-order valence-electron chi connectivity index (χ4n) is 4.18. The minimum atomic E-state index is -0.539. The number of hydrogen-bond donors (Lipinski definition) is 2. The molecule has 0 aliphatic carbocycles. The third kappa shape index (κ3) is 4.46. The molecule has 30 heavy (non-hydrogen) atoms. The number of H-pyrrole nitrogens is 1. The normalized spacial score (nSPS) is 16.1. The van der Waals surface area contributed by atoms with Gasteiger partial charge in [0.15, 0.2) is 0 Å². The predicted octanol–water partition coefficient (Wildman–Crippen LogP) is 4.09. The van der Waals surface area contributed by atoms with Crippen molar-refractivity contribution in [2.24, 2.45) is 0 Å². The number of rotatable bonds is 5. The van der Waals surface area contributed by atoms with E-state index in [0.717, 1.165) is 23.9 Å². The molecule has 2 N–H and O–H groups in total. The van der Waals surface area contributed by atoms with Crippen molar-refractivity contribution in [3.05, 3.63) is 78.0 Å². The molecule has 2 amide bonds. The van der Waals surface area contributed by atoms with Crippen molar-refractivity contribution in [3.8, 4) is 0 Å². The van der Waals surface area contributed by atoms with E-state index < -0.39 is 6.04 Å². The molecule has 5 heteroatoms. The number of carbonyl (C=O) groups excluding carboxylic acids is 2. The SMILES string of the molecule is CC(NC(=O)/C=C/c1ccccc1)C(=O)N1CCC(c2c[nH]c3ccccc23)CC1. The Bertz CT molecular complexity index is 1050. The number of aromatic nitrogens is 1. The van der Waals surface area contributed by atoms with E-state index in [9.17, 15) is 9.59 Å². The van der Waals surface area contributed by atoms with Crippen LogP contribution in [-0.4, -0.2) is 40.8 Å². The molecule has 1 aliphatic heterocycles. The summed E-state index contributed by atoms with van der Waals surface area (Å²) in [6, 6.07) is 17.4. The van der Waals surface area contributed by atoms with E-state index in [1.165, 1.54) is 17.0 Å². The first-order valence-electron chi connectivity index (χ1n) is 10.5. The van der Waals surface area contributed by atoms with Crippen molar-refractivity contribution < 1.29 is 9.59 Å². The van der Waals surface area contributed by atoms with Crippen LogP contribution in [0.2, 0.25) is 0 Å². The molecule has 1 unspecified atom stereocenters. The van der Waals surface area contributed by atoms with Crippen LogP contribution in [-0.2, 0) is 9.59 Å². The average molecular weight is 402 g/mol. The van der Waals surface area contributed by atoms with E-state index in [-0.39, 0.29) is 11.8 Å². The maximum atomic E-state index is 12.8. The van der Waals surface area contributed by atoms with Crippen LogP contribution in [0.3, 0.4) is 0 Å². The smallest absolute Gasteiger partial charge is 0.244 e. The first-order chi connectivity index (χ1) is 14.6. The maximum absolute atomic E-state index is 12.8. The highest BCUT2D eigenvalue weighted by Crippen LogP contribution is 2.33. The molecule has 0 bridgehead atoms. The molecular formula is C25H27N3O2. The maximum Gasteiger partial charge on any atom is 0.244 e. The number of piperidine rings is 1. The molecule has 5 nitrogen and oxygen atoms in total. The van der Waals surface area contributed by atoms with Crippen LogP contribution in [0, 0.1) is 0 Å². The minimum Gasteiger partial charge on any atom is -0.361 e. The van der Waals surface area contributed by atoms with Crippen LogP contribution >= 0.6 is 0 Å². The number of likely N-dealkylation sites (tertiary alicyclic amines) is 1. The Balaban J connectivity index is 1.30. The summed E-state index contributed by atoms with van der Waals surface area (Å²) in [5, 5.41) is 4.06. The molecular weight excluding hydrogens is 374 g/mol. The van der Waals surface area contributed by atoms with Gasteiger partial charge in [0, 0.05) is 36.3 Å². The fraction of sp³-hybridized carbons (Fsp3) is 0.280. The Hall–Kier alpha value is -3.34. The zero-order chi connectivity index (χ0) is 20.9. The van der Waals surface area contributed by atoms with Gasteiger partial charge in [0.05, 0.1) is 0 Å². The molecule has 0 radical (unpaired) electrons. The van der Waals surface area contributed by atoms with Gasteiger partial charge in [0.2, 0.25) is 11.8 Å². The molecule has 154 valence electrons. The molecule has 3 aromatic rings. The summed E-state index contributed by atoms with van der Waals surface area (Å²) in [7, 11) is 0. The van der Waals surface area contributed by atoms with Crippen molar-refractivity contribution in [2.75, 3.05) is 13.1 Å². The highest BCUT2D eigenvalue weighted by atomic mass is 16.2. The second-order valence-electron chi connectivity index (χ2n) is 7.86. The van der Waals surface area contributed by atoms with Crippen LogP contribution in [0.15, 0.2) is 66.9 Å². The second-order valence-corrected chi connectivity index (χ2v) is 7.86. The van der Waals surface area contributed by atoms with E-state index in [2.05, 4.69) is 34.7 Å². The summed E-state index contributed by atoms with van der Waals surface area (Å²) in [5.74, 6) is 0.172. The average Bonchev–Trinajstić information content (AvgIpc) is 3.22. The van der Waals surface area contributed by atoms with Crippen molar-refractivity contribution in [1.29, 1.82) is 0 Å². The third-order valence-corrected chi connectivity index (χ3v) is 5.82. The number of para-hydroxylation sites is 1. The van der Waals surface area contributed by atoms with E-state index in [4.69, 9.17) is 0 Å². The molecule has 4 rings (SSSR count). The Kier molecular flexibility index (Phi) is 5.98. The van der Waals surface area contributed by atoms with Gasteiger partial charge >= 0.3 is 0 Å². The third-order valence-electron chi connectivity index (χ3n) is 5.82. The summed E-state index contributed by atoms with van der Waals surface area (Å²) in [4.78, 5) is 30.2. The van der Waals surface area contributed by atoms with Crippen molar-refractivity contribution >= 4 is 28.8 Å². The van der Waals surface area contributed by atoms with Crippen LogP contribution < -0.4 is 5.32 Å². The summed E-state index contributed by atoms with van der Waals surface area (Å²) >= 11 is 0. The zero-order valence-corrected chi connectivity index (χ0v) is 17.2. The van der Waals surface area contributed by atoms with Gasteiger partial charge < -0.3 is 15.2 Å². The van der Waals surface area contributed by atoms with Gasteiger partial charge in [-0.3, -0.25) is 9.59 Å². The number of fused-ring (bicyclic) bond motifs is 1. The van der Waals surface area contributed by atoms with Gasteiger partial charge in [0.25, 0.3) is 0 Å². The molecule has 1 saturated heterocycles. The minimum absolute atomic E-state index is 0.0196. The van der Waals surface area contributed by atoms with Gasteiger partial charge in [-0.05, 0) is 49.0 Å². The lowest BCUT2D eigenvalue weighted by molar-refractivity contribution is -0.136. The molecule has 0 spiro atoms. The van der Waals surface area contributed by atoms with Crippen LogP contribution in [0.1, 0.15) is 36.8 Å². The Morgan fingerprint density at radius 2 is 1.77 bits per heavy atom. The summed E-state index contributed by atoms with van der Waals surface area (Å²) < 4.78 is 0. The fourth-order valence-corrected chi connectivity index (χ4v) is 4.18. The lowest BCUT2D eigenvalue weighted by Gasteiger charge is -2.33. The van der Waals surface area contributed by atoms with E-state index >= 15 is 0 Å². The van der Waals surface area contributed by atoms with Crippen molar-refractivity contribution in [3.63, 3.8) is 0 Å².